The van der Waals surface area contributed by atoms with Crippen LogP contribution in [0.25, 0.3) is 0 Å². The van der Waals surface area contributed by atoms with Crippen molar-refractivity contribution in [2.45, 2.75) is 130 Å². The average Bonchev–Trinajstić information content (AvgIpc) is 2.68. The second kappa shape index (κ2) is 21.5. The highest BCUT2D eigenvalue weighted by molar-refractivity contribution is 5.87. The van der Waals surface area contributed by atoms with Crippen LogP contribution in [0.1, 0.15) is 130 Å². The fraction of sp³-hybridized carbons (Fsp3) is 0.875. The van der Waals surface area contributed by atoms with Gasteiger partial charge in [-0.15, -0.1) is 0 Å². The van der Waals surface area contributed by atoms with Crippen molar-refractivity contribution in [2.75, 3.05) is 6.61 Å². The fourth-order valence-corrected chi connectivity index (χ4v) is 3.27. The van der Waals surface area contributed by atoms with Crippen molar-refractivity contribution in [1.29, 1.82) is 0 Å². The van der Waals surface area contributed by atoms with E-state index in [2.05, 4.69) is 16.7 Å². The summed E-state index contributed by atoms with van der Waals surface area (Å²) in [4.78, 5) is 20.8. The van der Waals surface area contributed by atoms with E-state index in [0.29, 0.717) is 12.2 Å². The van der Waals surface area contributed by atoms with Crippen molar-refractivity contribution in [3.63, 3.8) is 0 Å². The minimum absolute atomic E-state index is 0.367. The molecule has 3 heteroatoms. The number of hydrogen-bond donors (Lipinski definition) is 0. The number of allylic oxidation sites excluding steroid dienone is 1. The van der Waals surface area contributed by atoms with Gasteiger partial charge in [-0.1, -0.05) is 109 Å². The third kappa shape index (κ3) is 19.7. The van der Waals surface area contributed by atoms with Gasteiger partial charge < -0.3 is 0 Å². The highest BCUT2D eigenvalue weighted by Crippen LogP contribution is 2.14. The minimum Gasteiger partial charge on any atom is -0.293 e. The van der Waals surface area contributed by atoms with Gasteiger partial charge in [0, 0.05) is 5.57 Å². The zero-order chi connectivity index (χ0) is 20.0. The van der Waals surface area contributed by atoms with Crippen molar-refractivity contribution in [2.24, 2.45) is 0 Å². The van der Waals surface area contributed by atoms with Gasteiger partial charge in [0.2, 0.25) is 0 Å². The lowest BCUT2D eigenvalue weighted by Crippen LogP contribution is -2.06. The van der Waals surface area contributed by atoms with Crippen LogP contribution in [0.5, 0.6) is 0 Å². The molecule has 27 heavy (non-hydrogen) atoms. The Labute approximate surface area is 169 Å². The lowest BCUT2D eigenvalue weighted by molar-refractivity contribution is -0.265. The number of hydrogen-bond acceptors (Lipinski definition) is 3. The molecule has 0 N–H and O–H groups in total. The van der Waals surface area contributed by atoms with Crippen LogP contribution in [0, 0.1) is 0 Å². The first-order valence-electron chi connectivity index (χ1n) is 11.7. The Morgan fingerprint density at radius 1 is 0.667 bits per heavy atom. The van der Waals surface area contributed by atoms with Gasteiger partial charge >= 0.3 is 5.97 Å². The normalized spacial score (nSPS) is 11.7. The van der Waals surface area contributed by atoms with Crippen LogP contribution in [0.2, 0.25) is 0 Å². The van der Waals surface area contributed by atoms with Crippen molar-refractivity contribution in [1.82, 2.24) is 0 Å². The van der Waals surface area contributed by atoms with E-state index < -0.39 is 0 Å². The molecule has 0 aromatic rings. The first-order chi connectivity index (χ1) is 13.2. The van der Waals surface area contributed by atoms with Crippen LogP contribution >= 0.6 is 0 Å². The molecule has 0 bridgehead atoms. The quantitative estimate of drug-likeness (QED) is 0.0923. The predicted octanol–water partition coefficient (Wildman–Crippen LogP) is 8.08. The van der Waals surface area contributed by atoms with Crippen LogP contribution in [0.3, 0.4) is 0 Å². The Balaban J connectivity index is 3.24. The van der Waals surface area contributed by atoms with Crippen molar-refractivity contribution in [3.05, 3.63) is 11.6 Å². The van der Waals surface area contributed by atoms with E-state index in [1.54, 1.807) is 13.8 Å². The molecule has 0 atom stereocenters. The molecular weight excluding hydrogens is 336 g/mol. The molecule has 0 aromatic heterocycles. The van der Waals surface area contributed by atoms with Crippen molar-refractivity contribution >= 4 is 5.97 Å². The van der Waals surface area contributed by atoms with E-state index in [4.69, 9.17) is 0 Å². The van der Waals surface area contributed by atoms with E-state index >= 15 is 0 Å². The van der Waals surface area contributed by atoms with Crippen LogP contribution in [-0.2, 0) is 14.6 Å². The summed E-state index contributed by atoms with van der Waals surface area (Å²) in [6.07, 6.45) is 25.0. The van der Waals surface area contributed by atoms with E-state index in [0.717, 1.165) is 12.8 Å². The Bertz CT molecular complexity index is 350. The molecule has 0 aliphatic heterocycles. The summed E-state index contributed by atoms with van der Waals surface area (Å²) in [6.45, 7) is 6.25. The van der Waals surface area contributed by atoms with Gasteiger partial charge in [-0.3, -0.25) is 4.89 Å². The summed E-state index contributed by atoms with van der Waals surface area (Å²) < 4.78 is 0. The standard InChI is InChI=1S/C24H46O3/c1-4-6-7-8-9-10-11-12-13-14-15-16-17-18-19-20-21-22-23(3)24(25)27-26-5-2/h22H,4-21H2,1-3H3. The number of unbranched alkanes of at least 4 members (excludes halogenated alkanes) is 16. The van der Waals surface area contributed by atoms with Gasteiger partial charge in [-0.25, -0.2) is 4.79 Å². The van der Waals surface area contributed by atoms with Gasteiger partial charge in [0.25, 0.3) is 0 Å². The van der Waals surface area contributed by atoms with E-state index in [-0.39, 0.29) is 5.97 Å². The molecule has 0 aliphatic rings. The summed E-state index contributed by atoms with van der Waals surface area (Å²) in [6, 6.07) is 0. The monoisotopic (exact) mass is 382 g/mol. The maximum Gasteiger partial charge on any atom is 0.368 e. The number of carbonyl (C=O) groups excluding carboxylic acids is 1. The Morgan fingerprint density at radius 3 is 1.48 bits per heavy atom. The molecule has 0 fully saturated rings. The Kier molecular flexibility index (Phi) is 20.8. The predicted molar refractivity (Wildman–Crippen MR) is 116 cm³/mol. The summed E-state index contributed by atoms with van der Waals surface area (Å²) in [5, 5.41) is 0. The molecule has 0 radical (unpaired) electrons. The van der Waals surface area contributed by atoms with Crippen molar-refractivity contribution < 1.29 is 14.6 Å². The molecule has 0 heterocycles. The zero-order valence-corrected chi connectivity index (χ0v) is 18.5. The first kappa shape index (κ1) is 26.2. The molecule has 0 saturated carbocycles. The topological polar surface area (TPSA) is 35.5 Å². The van der Waals surface area contributed by atoms with E-state index in [1.807, 2.05) is 6.08 Å². The lowest BCUT2D eigenvalue weighted by Gasteiger charge is -2.03. The fourth-order valence-electron chi connectivity index (χ4n) is 3.27. The van der Waals surface area contributed by atoms with Gasteiger partial charge in [-0.05, 0) is 26.7 Å². The third-order valence-electron chi connectivity index (χ3n) is 5.08. The van der Waals surface area contributed by atoms with Gasteiger partial charge in [0.15, 0.2) is 0 Å². The molecule has 0 amide bonds. The van der Waals surface area contributed by atoms with E-state index in [9.17, 15) is 4.79 Å². The molecular formula is C24H46O3. The van der Waals surface area contributed by atoms with Crippen LogP contribution in [0.15, 0.2) is 11.6 Å². The summed E-state index contributed by atoms with van der Waals surface area (Å²) in [5.74, 6) is -0.367. The molecule has 0 rings (SSSR count). The minimum atomic E-state index is -0.367. The summed E-state index contributed by atoms with van der Waals surface area (Å²) in [7, 11) is 0. The average molecular weight is 383 g/mol. The maximum atomic E-state index is 11.5. The second-order valence-electron chi connectivity index (χ2n) is 7.76. The molecule has 0 saturated heterocycles. The Hall–Kier alpha value is -0.830. The van der Waals surface area contributed by atoms with Gasteiger partial charge in [0.1, 0.15) is 0 Å². The number of carbonyl (C=O) groups is 1. The molecule has 0 aromatic carbocycles. The van der Waals surface area contributed by atoms with Gasteiger partial charge in [0.05, 0.1) is 6.61 Å². The van der Waals surface area contributed by atoms with Crippen LogP contribution < -0.4 is 0 Å². The third-order valence-corrected chi connectivity index (χ3v) is 5.08. The molecule has 0 aliphatic carbocycles. The lowest BCUT2D eigenvalue weighted by atomic mass is 10.0. The highest BCUT2D eigenvalue weighted by Gasteiger charge is 2.05. The van der Waals surface area contributed by atoms with Crippen molar-refractivity contribution in [3.8, 4) is 0 Å². The highest BCUT2D eigenvalue weighted by atomic mass is 17.2. The summed E-state index contributed by atoms with van der Waals surface area (Å²) >= 11 is 0. The molecule has 3 nitrogen and oxygen atoms in total. The summed E-state index contributed by atoms with van der Waals surface area (Å²) in [5.41, 5.74) is 0.643. The zero-order valence-electron chi connectivity index (χ0n) is 18.5. The molecule has 0 spiro atoms. The van der Waals surface area contributed by atoms with E-state index in [1.165, 1.54) is 96.3 Å². The van der Waals surface area contributed by atoms with Crippen LogP contribution in [-0.4, -0.2) is 12.6 Å². The smallest absolute Gasteiger partial charge is 0.293 e. The Morgan fingerprint density at radius 2 is 1.07 bits per heavy atom. The molecule has 160 valence electrons. The SMILES string of the molecule is CCCCCCCCCCCCCCCCCCC=C(C)C(=O)OOCC. The maximum absolute atomic E-state index is 11.5. The molecule has 0 unspecified atom stereocenters. The van der Waals surface area contributed by atoms with Crippen LogP contribution in [0.4, 0.5) is 0 Å². The number of rotatable bonds is 20. The second-order valence-corrected chi connectivity index (χ2v) is 7.76. The largest absolute Gasteiger partial charge is 0.368 e. The first-order valence-corrected chi connectivity index (χ1v) is 11.7. The van der Waals surface area contributed by atoms with Gasteiger partial charge in [-0.2, -0.15) is 4.89 Å².